The zero-order valence-corrected chi connectivity index (χ0v) is 17.4. The van der Waals surface area contributed by atoms with Crippen LogP contribution in [0, 0.1) is 0 Å². The molecule has 32 heavy (non-hydrogen) atoms. The molecule has 10 heteroatoms. The average Bonchev–Trinajstić information content (AvgIpc) is 3.26. The summed E-state index contributed by atoms with van der Waals surface area (Å²) in [5, 5.41) is 3.90. The molecule has 1 aliphatic rings. The van der Waals surface area contributed by atoms with E-state index in [0.29, 0.717) is 29.1 Å². The van der Waals surface area contributed by atoms with Gasteiger partial charge in [-0.05, 0) is 61.4 Å². The van der Waals surface area contributed by atoms with Crippen LogP contribution in [-0.4, -0.2) is 31.5 Å². The predicted molar refractivity (Wildman–Crippen MR) is 111 cm³/mol. The summed E-state index contributed by atoms with van der Waals surface area (Å²) >= 11 is 6.05. The SMILES string of the molecule is O=C(NC[C@H]1CCCO1)c1cc2cc(Cl)ccc2oc1=Nc1ccc(OC(F)(F)F)cc1. The number of amides is 1. The van der Waals surface area contributed by atoms with E-state index < -0.39 is 12.3 Å². The van der Waals surface area contributed by atoms with E-state index in [0.717, 1.165) is 25.0 Å². The first-order chi connectivity index (χ1) is 15.3. The summed E-state index contributed by atoms with van der Waals surface area (Å²) in [5.74, 6) is -0.794. The number of hydrogen-bond donors (Lipinski definition) is 1. The number of alkyl halides is 3. The lowest BCUT2D eigenvalue weighted by molar-refractivity contribution is -0.274. The Morgan fingerprint density at radius 3 is 2.66 bits per heavy atom. The van der Waals surface area contributed by atoms with Gasteiger partial charge >= 0.3 is 6.36 Å². The molecule has 2 aromatic carbocycles. The molecule has 0 unspecified atom stereocenters. The zero-order valence-electron chi connectivity index (χ0n) is 16.6. The Morgan fingerprint density at radius 1 is 1.19 bits per heavy atom. The molecule has 1 atom stereocenters. The number of nitrogens with zero attached hydrogens (tertiary/aromatic N) is 1. The molecule has 1 amide bonds. The van der Waals surface area contributed by atoms with Crippen LogP contribution in [0.4, 0.5) is 18.9 Å². The molecule has 0 bridgehead atoms. The fourth-order valence-electron chi connectivity index (χ4n) is 3.29. The van der Waals surface area contributed by atoms with Crippen molar-refractivity contribution in [3.8, 4) is 5.75 Å². The molecule has 4 rings (SSSR count). The molecular weight excluding hydrogens is 449 g/mol. The summed E-state index contributed by atoms with van der Waals surface area (Å²) in [4.78, 5) is 17.2. The number of rotatable bonds is 5. The van der Waals surface area contributed by atoms with E-state index in [1.165, 1.54) is 12.1 Å². The van der Waals surface area contributed by atoms with Crippen molar-refractivity contribution < 1.29 is 31.9 Å². The lowest BCUT2D eigenvalue weighted by atomic mass is 10.1. The largest absolute Gasteiger partial charge is 0.573 e. The van der Waals surface area contributed by atoms with Crippen LogP contribution in [0.1, 0.15) is 23.2 Å². The summed E-state index contributed by atoms with van der Waals surface area (Å²) in [6.45, 7) is 1.01. The molecular formula is C22H18ClF3N2O4. The van der Waals surface area contributed by atoms with Crippen molar-refractivity contribution >= 4 is 34.2 Å². The van der Waals surface area contributed by atoms with Crippen LogP contribution >= 0.6 is 11.6 Å². The monoisotopic (exact) mass is 466 g/mol. The van der Waals surface area contributed by atoms with Crippen LogP contribution in [0.15, 0.2) is 57.9 Å². The Bertz CT molecular complexity index is 1190. The third kappa shape index (κ3) is 5.60. The number of carbonyl (C=O) groups is 1. The fraction of sp³-hybridized carbons (Fsp3) is 0.273. The van der Waals surface area contributed by atoms with E-state index in [4.69, 9.17) is 20.8 Å². The Labute approximate surface area is 185 Å². The highest BCUT2D eigenvalue weighted by molar-refractivity contribution is 6.31. The molecule has 1 N–H and O–H groups in total. The van der Waals surface area contributed by atoms with E-state index in [-0.39, 0.29) is 28.7 Å². The summed E-state index contributed by atoms with van der Waals surface area (Å²) in [6, 6.07) is 11.5. The average molecular weight is 467 g/mol. The van der Waals surface area contributed by atoms with Crippen molar-refractivity contribution in [2.75, 3.05) is 13.2 Å². The molecule has 1 fully saturated rings. The summed E-state index contributed by atoms with van der Waals surface area (Å²) in [7, 11) is 0. The van der Waals surface area contributed by atoms with Crippen LogP contribution in [0.3, 0.4) is 0 Å². The highest BCUT2D eigenvalue weighted by atomic mass is 35.5. The van der Waals surface area contributed by atoms with Gasteiger partial charge in [0.2, 0.25) is 5.55 Å². The maximum absolute atomic E-state index is 12.9. The molecule has 0 saturated carbocycles. The van der Waals surface area contributed by atoms with Gasteiger partial charge in [0.05, 0.1) is 11.8 Å². The first-order valence-electron chi connectivity index (χ1n) is 9.80. The first-order valence-corrected chi connectivity index (χ1v) is 10.2. The van der Waals surface area contributed by atoms with Crippen LogP contribution in [0.5, 0.6) is 5.75 Å². The smallest absolute Gasteiger partial charge is 0.438 e. The first kappa shape index (κ1) is 22.2. The normalized spacial score (nSPS) is 17.0. The van der Waals surface area contributed by atoms with Crippen molar-refractivity contribution in [2.45, 2.75) is 25.3 Å². The van der Waals surface area contributed by atoms with Gasteiger partial charge in [0, 0.05) is 23.6 Å². The van der Waals surface area contributed by atoms with Gasteiger partial charge in [-0.3, -0.25) is 4.79 Å². The predicted octanol–water partition coefficient (Wildman–Crippen LogP) is 5.13. The molecule has 0 radical (unpaired) electrons. The summed E-state index contributed by atoms with van der Waals surface area (Å²) < 4.78 is 52.3. The van der Waals surface area contributed by atoms with Gasteiger partial charge < -0.3 is 19.2 Å². The molecule has 6 nitrogen and oxygen atoms in total. The molecule has 0 aliphatic carbocycles. The number of ether oxygens (including phenoxy) is 2. The summed E-state index contributed by atoms with van der Waals surface area (Å²) in [5.41, 5.74) is 0.896. The van der Waals surface area contributed by atoms with E-state index >= 15 is 0 Å². The van der Waals surface area contributed by atoms with Gasteiger partial charge in [-0.1, -0.05) is 11.6 Å². The zero-order chi connectivity index (χ0) is 22.7. The minimum Gasteiger partial charge on any atom is -0.438 e. The quantitative estimate of drug-likeness (QED) is 0.566. The van der Waals surface area contributed by atoms with Gasteiger partial charge in [-0.15, -0.1) is 13.2 Å². The maximum atomic E-state index is 12.9. The van der Waals surface area contributed by atoms with Crippen LogP contribution in [0.2, 0.25) is 5.02 Å². The highest BCUT2D eigenvalue weighted by Gasteiger charge is 2.31. The van der Waals surface area contributed by atoms with Crippen LogP contribution in [0.25, 0.3) is 11.0 Å². The summed E-state index contributed by atoms with van der Waals surface area (Å²) in [6.07, 6.45) is -3.03. The second-order valence-electron chi connectivity index (χ2n) is 7.15. The number of benzene rings is 2. The number of fused-ring (bicyclic) bond motifs is 1. The maximum Gasteiger partial charge on any atom is 0.573 e. The Balaban J connectivity index is 1.68. The molecule has 3 aromatic rings. The Hall–Kier alpha value is -3.04. The molecule has 1 saturated heterocycles. The van der Waals surface area contributed by atoms with Crippen LogP contribution in [-0.2, 0) is 4.74 Å². The highest BCUT2D eigenvalue weighted by Crippen LogP contribution is 2.25. The number of carbonyl (C=O) groups excluding carboxylic acids is 1. The van der Waals surface area contributed by atoms with Crippen molar-refractivity contribution in [3.05, 3.63) is 64.7 Å². The minimum absolute atomic E-state index is 0.00847. The van der Waals surface area contributed by atoms with Gasteiger partial charge in [0.25, 0.3) is 5.91 Å². The second-order valence-corrected chi connectivity index (χ2v) is 7.58. The van der Waals surface area contributed by atoms with Gasteiger partial charge in [-0.25, -0.2) is 4.99 Å². The fourth-order valence-corrected chi connectivity index (χ4v) is 3.47. The van der Waals surface area contributed by atoms with Crippen molar-refractivity contribution in [1.82, 2.24) is 5.32 Å². The lowest BCUT2D eigenvalue weighted by Crippen LogP contribution is -2.34. The van der Waals surface area contributed by atoms with Gasteiger partial charge in [0.1, 0.15) is 16.9 Å². The standard InChI is InChI=1S/C22H18ClF3N2O4/c23-14-3-8-19-13(10-14)11-18(20(29)27-12-17-2-1-9-30-17)21(31-19)28-15-4-6-16(7-5-15)32-22(24,25)26/h3-8,10-11,17H,1-2,9,12H2,(H,27,29)/t17-/m1/s1. The topological polar surface area (TPSA) is 73.1 Å². The molecule has 1 aromatic heterocycles. The van der Waals surface area contributed by atoms with Crippen molar-refractivity contribution in [1.29, 1.82) is 0 Å². The minimum atomic E-state index is -4.79. The third-order valence-corrected chi connectivity index (χ3v) is 5.00. The molecule has 168 valence electrons. The van der Waals surface area contributed by atoms with Crippen LogP contribution < -0.4 is 15.6 Å². The molecule has 2 heterocycles. The lowest BCUT2D eigenvalue weighted by Gasteiger charge is -2.11. The number of hydrogen-bond acceptors (Lipinski definition) is 5. The second kappa shape index (κ2) is 9.22. The van der Waals surface area contributed by atoms with Crippen molar-refractivity contribution in [2.24, 2.45) is 4.99 Å². The van der Waals surface area contributed by atoms with Gasteiger partial charge in [0.15, 0.2) is 0 Å². The molecule has 0 spiro atoms. The number of halogens is 4. The van der Waals surface area contributed by atoms with E-state index in [1.54, 1.807) is 24.3 Å². The van der Waals surface area contributed by atoms with E-state index in [1.807, 2.05) is 0 Å². The number of nitrogens with one attached hydrogen (secondary N) is 1. The Kier molecular flexibility index (Phi) is 6.38. The Morgan fingerprint density at radius 2 is 1.97 bits per heavy atom. The third-order valence-electron chi connectivity index (χ3n) is 4.77. The van der Waals surface area contributed by atoms with Crippen molar-refractivity contribution in [3.63, 3.8) is 0 Å². The van der Waals surface area contributed by atoms with E-state index in [9.17, 15) is 18.0 Å². The van der Waals surface area contributed by atoms with Gasteiger partial charge in [-0.2, -0.15) is 0 Å². The van der Waals surface area contributed by atoms with E-state index in [2.05, 4.69) is 15.0 Å². The molecule has 1 aliphatic heterocycles.